The van der Waals surface area contributed by atoms with Gasteiger partial charge in [-0.05, 0) is 54.7 Å². The molecule has 1 atom stereocenters. The van der Waals surface area contributed by atoms with Gasteiger partial charge in [-0.1, -0.05) is 30.3 Å². The van der Waals surface area contributed by atoms with Crippen LogP contribution in [0.3, 0.4) is 0 Å². The van der Waals surface area contributed by atoms with Crippen molar-refractivity contribution in [3.63, 3.8) is 0 Å². The minimum atomic E-state index is -0.156. The van der Waals surface area contributed by atoms with Gasteiger partial charge in [-0.2, -0.15) is 0 Å². The molecule has 0 spiro atoms. The predicted octanol–water partition coefficient (Wildman–Crippen LogP) is 4.60. The smallest absolute Gasteiger partial charge is 0.223 e. The number of Topliss-reactive ketones (excluding diaryl/α,β-unsaturated/α-hetero) is 1. The molecule has 0 saturated carbocycles. The van der Waals surface area contributed by atoms with E-state index in [0.29, 0.717) is 44.0 Å². The Labute approximate surface area is 188 Å². The molecular formula is C25H29NO4S. The van der Waals surface area contributed by atoms with Gasteiger partial charge in [-0.15, -0.1) is 11.8 Å². The van der Waals surface area contributed by atoms with E-state index >= 15 is 0 Å². The standard InChI is InChI=1S/C25H29NO4S/c1-19-16-22(8-9-24(19)20(2)27)30-18-23-17-26(12-13-29-23)25(28)11-15-31-14-10-21-6-4-3-5-7-21/h3-10,14,16,23H,11-13,15,17-18H2,1-2H3/b14-10-. The van der Waals surface area contributed by atoms with Gasteiger partial charge < -0.3 is 14.4 Å². The number of ether oxygens (including phenoxy) is 2. The Morgan fingerprint density at radius 3 is 2.77 bits per heavy atom. The first kappa shape index (κ1) is 23.1. The van der Waals surface area contributed by atoms with Crippen LogP contribution in [0.4, 0.5) is 0 Å². The number of hydrogen-bond donors (Lipinski definition) is 0. The van der Waals surface area contributed by atoms with Crippen molar-refractivity contribution in [1.29, 1.82) is 0 Å². The van der Waals surface area contributed by atoms with E-state index in [4.69, 9.17) is 9.47 Å². The van der Waals surface area contributed by atoms with Gasteiger partial charge in [0.25, 0.3) is 0 Å². The minimum absolute atomic E-state index is 0.0440. The molecule has 1 aliphatic rings. The van der Waals surface area contributed by atoms with Gasteiger partial charge in [0.15, 0.2) is 5.78 Å². The molecule has 3 rings (SSSR count). The molecule has 1 fully saturated rings. The number of rotatable bonds is 9. The Morgan fingerprint density at radius 2 is 2.03 bits per heavy atom. The number of carbonyl (C=O) groups is 2. The van der Waals surface area contributed by atoms with E-state index in [9.17, 15) is 9.59 Å². The summed E-state index contributed by atoms with van der Waals surface area (Å²) in [6, 6.07) is 15.6. The number of hydrogen-bond acceptors (Lipinski definition) is 5. The molecule has 1 aliphatic heterocycles. The number of morpholine rings is 1. The van der Waals surface area contributed by atoms with Crippen LogP contribution >= 0.6 is 11.8 Å². The van der Waals surface area contributed by atoms with Crippen molar-refractivity contribution in [1.82, 2.24) is 4.90 Å². The monoisotopic (exact) mass is 439 g/mol. The molecule has 0 radical (unpaired) electrons. The maximum atomic E-state index is 12.6. The summed E-state index contributed by atoms with van der Waals surface area (Å²) in [6.45, 7) is 5.50. The van der Waals surface area contributed by atoms with Crippen molar-refractivity contribution in [3.05, 3.63) is 70.6 Å². The van der Waals surface area contributed by atoms with Crippen LogP contribution in [0.5, 0.6) is 5.75 Å². The first-order valence-corrected chi connectivity index (χ1v) is 11.5. The topological polar surface area (TPSA) is 55.8 Å². The van der Waals surface area contributed by atoms with Gasteiger partial charge in [-0.3, -0.25) is 9.59 Å². The van der Waals surface area contributed by atoms with Crippen LogP contribution in [-0.4, -0.2) is 54.8 Å². The third-order valence-electron chi connectivity index (χ3n) is 5.09. The van der Waals surface area contributed by atoms with Gasteiger partial charge in [-0.25, -0.2) is 0 Å². The SMILES string of the molecule is CC(=O)c1ccc(OCC2CN(C(=O)CCS/C=C\c3ccccc3)CCO2)cc1C. The Balaban J connectivity index is 1.40. The summed E-state index contributed by atoms with van der Waals surface area (Å²) in [5.74, 6) is 1.65. The molecule has 1 amide bonds. The lowest BCUT2D eigenvalue weighted by atomic mass is 10.1. The van der Waals surface area contributed by atoms with Crippen LogP contribution in [-0.2, 0) is 9.53 Å². The first-order valence-electron chi connectivity index (χ1n) is 10.5. The van der Waals surface area contributed by atoms with Gasteiger partial charge in [0.1, 0.15) is 18.5 Å². The van der Waals surface area contributed by atoms with Crippen LogP contribution < -0.4 is 4.74 Å². The number of benzene rings is 2. The summed E-state index contributed by atoms with van der Waals surface area (Å²) in [6.07, 6.45) is 2.40. The lowest BCUT2D eigenvalue weighted by Crippen LogP contribution is -2.47. The highest BCUT2D eigenvalue weighted by Gasteiger charge is 2.24. The number of ketones is 1. The van der Waals surface area contributed by atoms with E-state index < -0.39 is 0 Å². The fourth-order valence-electron chi connectivity index (χ4n) is 3.42. The Hall–Kier alpha value is -2.57. The Morgan fingerprint density at radius 1 is 1.23 bits per heavy atom. The zero-order valence-corrected chi connectivity index (χ0v) is 18.9. The van der Waals surface area contributed by atoms with Crippen LogP contribution in [0.2, 0.25) is 0 Å². The fourth-order valence-corrected chi connectivity index (χ4v) is 4.10. The third-order valence-corrected chi connectivity index (χ3v) is 5.86. The van der Waals surface area contributed by atoms with Crippen LogP contribution in [0, 0.1) is 6.92 Å². The molecule has 2 aromatic carbocycles. The summed E-state index contributed by atoms with van der Waals surface area (Å²) in [5, 5.41) is 2.04. The largest absolute Gasteiger partial charge is 0.491 e. The third kappa shape index (κ3) is 7.26. The van der Waals surface area contributed by atoms with Crippen LogP contribution in [0.1, 0.15) is 34.8 Å². The number of thioether (sulfide) groups is 1. The highest BCUT2D eigenvalue weighted by atomic mass is 32.2. The summed E-state index contributed by atoms with van der Waals surface area (Å²) >= 11 is 1.65. The van der Waals surface area contributed by atoms with Crippen molar-refractivity contribution in [2.24, 2.45) is 0 Å². The molecule has 5 nitrogen and oxygen atoms in total. The normalized spacial score (nSPS) is 16.5. The summed E-state index contributed by atoms with van der Waals surface area (Å²) in [7, 11) is 0. The van der Waals surface area contributed by atoms with Crippen molar-refractivity contribution in [2.75, 3.05) is 32.1 Å². The van der Waals surface area contributed by atoms with Crippen molar-refractivity contribution in [2.45, 2.75) is 26.4 Å². The van der Waals surface area contributed by atoms with E-state index in [1.165, 1.54) is 0 Å². The van der Waals surface area contributed by atoms with E-state index in [2.05, 4.69) is 18.2 Å². The fraction of sp³-hybridized carbons (Fsp3) is 0.360. The average molecular weight is 440 g/mol. The van der Waals surface area contributed by atoms with Crippen LogP contribution in [0.15, 0.2) is 53.9 Å². The highest BCUT2D eigenvalue weighted by molar-refractivity contribution is 8.02. The number of carbonyl (C=O) groups excluding carboxylic acids is 2. The van der Waals surface area contributed by atoms with Crippen molar-refractivity contribution < 1.29 is 19.1 Å². The molecule has 1 heterocycles. The summed E-state index contributed by atoms with van der Waals surface area (Å²) < 4.78 is 11.6. The molecule has 2 aromatic rings. The lowest BCUT2D eigenvalue weighted by Gasteiger charge is -2.33. The Bertz CT molecular complexity index is 913. The number of amides is 1. The van der Waals surface area contributed by atoms with Gasteiger partial charge >= 0.3 is 0 Å². The molecule has 31 heavy (non-hydrogen) atoms. The summed E-state index contributed by atoms with van der Waals surface area (Å²) in [4.78, 5) is 26.0. The second kappa shape index (κ2) is 11.7. The number of nitrogens with zero attached hydrogens (tertiary/aromatic N) is 1. The molecule has 0 aromatic heterocycles. The molecule has 0 aliphatic carbocycles. The van der Waals surface area contributed by atoms with E-state index in [1.54, 1.807) is 30.8 Å². The maximum Gasteiger partial charge on any atom is 0.223 e. The quantitative estimate of drug-likeness (QED) is 0.422. The van der Waals surface area contributed by atoms with E-state index in [1.807, 2.05) is 41.5 Å². The molecule has 1 saturated heterocycles. The molecule has 1 unspecified atom stereocenters. The zero-order valence-electron chi connectivity index (χ0n) is 18.1. The predicted molar refractivity (Wildman–Crippen MR) is 126 cm³/mol. The summed E-state index contributed by atoms with van der Waals surface area (Å²) in [5.41, 5.74) is 2.75. The van der Waals surface area contributed by atoms with Gasteiger partial charge in [0.2, 0.25) is 5.91 Å². The zero-order chi connectivity index (χ0) is 22.1. The molecule has 0 N–H and O–H groups in total. The Kier molecular flexibility index (Phi) is 8.74. The van der Waals surface area contributed by atoms with Crippen molar-refractivity contribution in [3.8, 4) is 5.75 Å². The van der Waals surface area contributed by atoms with Gasteiger partial charge in [0, 0.05) is 24.3 Å². The lowest BCUT2D eigenvalue weighted by molar-refractivity contribution is -0.139. The molecular weight excluding hydrogens is 410 g/mol. The van der Waals surface area contributed by atoms with E-state index in [-0.39, 0.29) is 17.8 Å². The second-order valence-corrected chi connectivity index (χ2v) is 8.52. The molecule has 164 valence electrons. The highest BCUT2D eigenvalue weighted by Crippen LogP contribution is 2.19. The minimum Gasteiger partial charge on any atom is -0.491 e. The number of aryl methyl sites for hydroxylation is 1. The van der Waals surface area contributed by atoms with Crippen LogP contribution in [0.25, 0.3) is 6.08 Å². The van der Waals surface area contributed by atoms with Crippen molar-refractivity contribution >= 4 is 29.5 Å². The molecule has 6 heteroatoms. The maximum absolute atomic E-state index is 12.6. The molecule has 0 bridgehead atoms. The second-order valence-electron chi connectivity index (χ2n) is 7.51. The average Bonchev–Trinajstić information content (AvgIpc) is 2.78. The van der Waals surface area contributed by atoms with E-state index in [0.717, 1.165) is 16.9 Å². The van der Waals surface area contributed by atoms with Gasteiger partial charge in [0.05, 0.1) is 13.2 Å². The first-order chi connectivity index (χ1) is 15.0.